The van der Waals surface area contributed by atoms with Gasteiger partial charge in [-0.05, 0) is 18.6 Å². The van der Waals surface area contributed by atoms with Gasteiger partial charge in [-0.2, -0.15) is 0 Å². The Morgan fingerprint density at radius 3 is 3.00 bits per heavy atom. The molecule has 0 aliphatic carbocycles. The number of hydrogen-bond donors (Lipinski definition) is 2. The van der Waals surface area contributed by atoms with Crippen molar-refractivity contribution in [1.82, 2.24) is 4.98 Å². The molecule has 2 aromatic rings. The van der Waals surface area contributed by atoms with Crippen molar-refractivity contribution < 1.29 is 4.74 Å². The minimum atomic E-state index is 0.0548. The maximum absolute atomic E-state index is 5.89. The molecular formula is C14H18BrN3O. The highest BCUT2D eigenvalue weighted by Gasteiger charge is 2.05. The average Bonchev–Trinajstić information content (AvgIpc) is 2.40. The van der Waals surface area contributed by atoms with Crippen LogP contribution in [0.3, 0.4) is 0 Å². The molecule has 0 spiro atoms. The molecule has 1 aromatic carbocycles. The normalized spacial score (nSPS) is 12.6. The van der Waals surface area contributed by atoms with Gasteiger partial charge in [0.05, 0.1) is 6.61 Å². The smallest absolute Gasteiger partial charge is 0.133 e. The molecule has 0 amide bonds. The second-order valence-corrected chi connectivity index (χ2v) is 5.28. The van der Waals surface area contributed by atoms with E-state index in [0.717, 1.165) is 34.0 Å². The number of aromatic nitrogens is 1. The number of nitrogens with one attached hydrogen (secondary N) is 1. The number of benzene rings is 1. The fraction of sp³-hybridized carbons (Fsp3) is 0.357. The van der Waals surface area contributed by atoms with Gasteiger partial charge in [-0.25, -0.2) is 4.98 Å². The third-order valence-corrected chi connectivity index (χ3v) is 3.63. The summed E-state index contributed by atoms with van der Waals surface area (Å²) >= 11 is 3.55. The Kier molecular flexibility index (Phi) is 5.13. The van der Waals surface area contributed by atoms with E-state index in [2.05, 4.69) is 32.3 Å². The molecule has 0 saturated heterocycles. The molecule has 0 aliphatic rings. The number of pyridine rings is 1. The van der Waals surface area contributed by atoms with Crippen LogP contribution in [-0.2, 0) is 4.74 Å². The second-order valence-electron chi connectivity index (χ2n) is 4.43. The van der Waals surface area contributed by atoms with Crippen molar-refractivity contribution >= 4 is 32.5 Å². The molecule has 0 fully saturated rings. The van der Waals surface area contributed by atoms with Crippen molar-refractivity contribution in [3.8, 4) is 0 Å². The van der Waals surface area contributed by atoms with Gasteiger partial charge in [-0.1, -0.05) is 28.1 Å². The van der Waals surface area contributed by atoms with Gasteiger partial charge in [0.25, 0.3) is 0 Å². The van der Waals surface area contributed by atoms with E-state index in [0.29, 0.717) is 6.61 Å². The van der Waals surface area contributed by atoms with Gasteiger partial charge in [0.15, 0.2) is 0 Å². The molecule has 5 heteroatoms. The summed E-state index contributed by atoms with van der Waals surface area (Å²) in [6.07, 6.45) is 2.66. The first-order valence-electron chi connectivity index (χ1n) is 6.24. The summed E-state index contributed by atoms with van der Waals surface area (Å²) < 4.78 is 6.09. The molecule has 1 unspecified atom stereocenters. The molecule has 3 N–H and O–H groups in total. The molecule has 102 valence electrons. The Morgan fingerprint density at radius 2 is 2.21 bits per heavy atom. The van der Waals surface area contributed by atoms with Crippen molar-refractivity contribution in [2.45, 2.75) is 12.5 Å². The second kappa shape index (κ2) is 6.84. The molecule has 4 nitrogen and oxygen atoms in total. The largest absolute Gasteiger partial charge is 0.383 e. The Morgan fingerprint density at radius 1 is 1.37 bits per heavy atom. The first kappa shape index (κ1) is 14.2. The Labute approximate surface area is 121 Å². The highest BCUT2D eigenvalue weighted by Crippen LogP contribution is 2.27. The molecule has 2 rings (SSSR count). The van der Waals surface area contributed by atoms with Gasteiger partial charge in [-0.15, -0.1) is 0 Å². The number of methoxy groups -OCH3 is 1. The van der Waals surface area contributed by atoms with Crippen molar-refractivity contribution in [3.63, 3.8) is 0 Å². The monoisotopic (exact) mass is 323 g/mol. The molecule has 19 heavy (non-hydrogen) atoms. The highest BCUT2D eigenvalue weighted by molar-refractivity contribution is 9.10. The number of rotatable bonds is 6. The summed E-state index contributed by atoms with van der Waals surface area (Å²) in [6.45, 7) is 1.36. The summed E-state index contributed by atoms with van der Waals surface area (Å²) in [7, 11) is 1.66. The summed E-state index contributed by atoms with van der Waals surface area (Å²) in [5.41, 5.74) is 5.89. The van der Waals surface area contributed by atoms with Gasteiger partial charge < -0.3 is 15.8 Å². The van der Waals surface area contributed by atoms with Crippen LogP contribution in [0, 0.1) is 0 Å². The van der Waals surface area contributed by atoms with Crippen molar-refractivity contribution in [3.05, 3.63) is 34.9 Å². The van der Waals surface area contributed by atoms with E-state index >= 15 is 0 Å². The van der Waals surface area contributed by atoms with Crippen LogP contribution < -0.4 is 11.1 Å². The average molecular weight is 324 g/mol. The summed E-state index contributed by atoms with van der Waals surface area (Å²) in [5, 5.41) is 5.60. The van der Waals surface area contributed by atoms with E-state index in [-0.39, 0.29) is 6.04 Å². The number of hydrogen-bond acceptors (Lipinski definition) is 4. The van der Waals surface area contributed by atoms with Crippen molar-refractivity contribution in [1.29, 1.82) is 0 Å². The Bertz CT molecular complexity index is 547. The van der Waals surface area contributed by atoms with Crippen molar-refractivity contribution in [2.75, 3.05) is 25.6 Å². The van der Waals surface area contributed by atoms with Gasteiger partial charge in [0.1, 0.15) is 5.82 Å². The predicted octanol–water partition coefficient (Wildman–Crippen LogP) is 2.77. The predicted molar refractivity (Wildman–Crippen MR) is 82.4 cm³/mol. The van der Waals surface area contributed by atoms with Gasteiger partial charge in [0, 0.05) is 41.1 Å². The van der Waals surface area contributed by atoms with Crippen LogP contribution in [-0.4, -0.2) is 31.3 Å². The van der Waals surface area contributed by atoms with Crippen molar-refractivity contribution in [2.24, 2.45) is 5.73 Å². The lowest BCUT2D eigenvalue weighted by atomic mass is 10.1. The Hall–Kier alpha value is -1.17. The van der Waals surface area contributed by atoms with Crippen LogP contribution in [0.1, 0.15) is 6.42 Å². The quantitative estimate of drug-likeness (QED) is 0.858. The maximum atomic E-state index is 5.89. The SMILES string of the molecule is COCC(N)CCNc1nccc2c(Br)cccc12. The lowest BCUT2D eigenvalue weighted by Gasteiger charge is -2.12. The minimum absolute atomic E-state index is 0.0548. The van der Waals surface area contributed by atoms with E-state index < -0.39 is 0 Å². The minimum Gasteiger partial charge on any atom is -0.383 e. The lowest BCUT2D eigenvalue weighted by Crippen LogP contribution is -2.28. The van der Waals surface area contributed by atoms with Gasteiger partial charge in [0.2, 0.25) is 0 Å². The highest BCUT2D eigenvalue weighted by atomic mass is 79.9. The maximum Gasteiger partial charge on any atom is 0.133 e. The molecule has 0 saturated carbocycles. The molecule has 1 aromatic heterocycles. The number of ether oxygens (including phenoxy) is 1. The zero-order valence-electron chi connectivity index (χ0n) is 10.9. The summed E-state index contributed by atoms with van der Waals surface area (Å²) in [5.74, 6) is 0.892. The molecular weight excluding hydrogens is 306 g/mol. The number of nitrogens with zero attached hydrogens (tertiary/aromatic N) is 1. The van der Waals surface area contributed by atoms with Crippen LogP contribution in [0.25, 0.3) is 10.8 Å². The van der Waals surface area contributed by atoms with Crippen LogP contribution >= 0.6 is 15.9 Å². The molecule has 1 heterocycles. The Balaban J connectivity index is 2.07. The first-order chi connectivity index (χ1) is 9.22. The molecule has 0 aliphatic heterocycles. The third kappa shape index (κ3) is 3.65. The number of anilines is 1. The third-order valence-electron chi connectivity index (χ3n) is 2.94. The van der Waals surface area contributed by atoms with E-state index in [1.165, 1.54) is 0 Å². The lowest BCUT2D eigenvalue weighted by molar-refractivity contribution is 0.178. The fourth-order valence-corrected chi connectivity index (χ4v) is 2.48. The summed E-state index contributed by atoms with van der Waals surface area (Å²) in [6, 6.07) is 8.15. The number of fused-ring (bicyclic) bond motifs is 1. The van der Waals surface area contributed by atoms with E-state index in [9.17, 15) is 0 Å². The van der Waals surface area contributed by atoms with Crippen LogP contribution in [0.2, 0.25) is 0 Å². The van der Waals surface area contributed by atoms with Gasteiger partial charge in [-0.3, -0.25) is 0 Å². The van der Waals surface area contributed by atoms with E-state index in [1.54, 1.807) is 7.11 Å². The van der Waals surface area contributed by atoms with E-state index in [1.807, 2.05) is 24.4 Å². The fourth-order valence-electron chi connectivity index (χ4n) is 1.98. The summed E-state index contributed by atoms with van der Waals surface area (Å²) in [4.78, 5) is 4.39. The van der Waals surface area contributed by atoms with Gasteiger partial charge >= 0.3 is 0 Å². The van der Waals surface area contributed by atoms with E-state index in [4.69, 9.17) is 10.5 Å². The standard InChI is InChI=1S/C14H18BrN3O/c1-19-9-10(16)5-7-17-14-12-3-2-4-13(15)11(12)6-8-18-14/h2-4,6,8,10H,5,7,9,16H2,1H3,(H,17,18). The van der Waals surface area contributed by atoms with Crippen LogP contribution in [0.15, 0.2) is 34.9 Å². The first-order valence-corrected chi connectivity index (χ1v) is 7.03. The van der Waals surface area contributed by atoms with Crippen LogP contribution in [0.5, 0.6) is 0 Å². The molecule has 1 atom stereocenters. The molecule has 0 bridgehead atoms. The number of halogens is 1. The number of nitrogens with two attached hydrogens (primary N) is 1. The molecule has 0 radical (unpaired) electrons. The topological polar surface area (TPSA) is 60.2 Å². The zero-order chi connectivity index (χ0) is 13.7. The zero-order valence-corrected chi connectivity index (χ0v) is 12.5. The van der Waals surface area contributed by atoms with Crippen LogP contribution in [0.4, 0.5) is 5.82 Å².